The molecule has 2 nitrogen and oxygen atoms in total. The van der Waals surface area contributed by atoms with Crippen molar-refractivity contribution in [2.45, 2.75) is 41.1 Å². The van der Waals surface area contributed by atoms with Gasteiger partial charge in [-0.1, -0.05) is 15.9 Å². The maximum Gasteiger partial charge on any atom is 0.460 e. The highest BCUT2D eigenvalue weighted by Crippen LogP contribution is 2.58. The Kier molecular flexibility index (Phi) is 6.02. The summed E-state index contributed by atoms with van der Waals surface area (Å²) in [5.41, 5.74) is -6.37. The monoisotopic (exact) mass is 434 g/mol. The van der Waals surface area contributed by atoms with E-state index < -0.39 is 47.1 Å². The molecule has 14 heteroatoms. The van der Waals surface area contributed by atoms with Crippen LogP contribution in [0.5, 0.6) is 0 Å². The number of carbonyl (C=O) groups is 1. The van der Waals surface area contributed by atoms with Crippen molar-refractivity contribution in [2.75, 3.05) is 7.11 Å². The predicted molar refractivity (Wildman–Crippen MR) is 55.2 cm³/mol. The maximum absolute atomic E-state index is 13.8. The minimum absolute atomic E-state index is 0.534. The van der Waals surface area contributed by atoms with Gasteiger partial charge in [0.1, 0.15) is 4.83 Å². The maximum atomic E-state index is 13.8. The number of alkyl halides is 12. The van der Waals surface area contributed by atoms with E-state index in [0.29, 0.717) is 7.11 Å². The first kappa shape index (κ1) is 22.2. The summed E-state index contributed by atoms with van der Waals surface area (Å²) < 4.78 is 143. The number of carbonyl (C=O) groups excluding carboxylic acids is 1. The molecule has 0 heterocycles. The average Bonchev–Trinajstić information content (AvgIpc) is 2.34. The summed E-state index contributed by atoms with van der Waals surface area (Å²) in [6.45, 7) is 0. The fourth-order valence-electron chi connectivity index (χ4n) is 1.31. The molecule has 2 atom stereocenters. The van der Waals surface area contributed by atoms with Gasteiger partial charge in [-0.05, 0) is 0 Å². The lowest BCUT2D eigenvalue weighted by Gasteiger charge is -2.39. The molecule has 0 spiro atoms. The molecule has 0 aliphatic rings. The Balaban J connectivity index is 6.15. The molecule has 0 aromatic carbocycles. The molecule has 0 saturated carbocycles. The molecule has 0 N–H and O–H groups in total. The molecular weight excluding hydrogens is 429 g/mol. The van der Waals surface area contributed by atoms with E-state index in [0.717, 1.165) is 0 Å². The molecule has 2 unspecified atom stereocenters. The van der Waals surface area contributed by atoms with E-state index in [4.69, 9.17) is 0 Å². The molecule has 0 fully saturated rings. The lowest BCUT2D eigenvalue weighted by molar-refractivity contribution is -0.412. The molecule has 0 aromatic rings. The summed E-state index contributed by atoms with van der Waals surface area (Å²) in [6.07, 6.45) is -16.8. The van der Waals surface area contributed by atoms with E-state index in [1.54, 1.807) is 0 Å². The van der Waals surface area contributed by atoms with Gasteiger partial charge in [0, 0.05) is 6.42 Å². The van der Waals surface area contributed by atoms with Gasteiger partial charge in [-0.25, -0.2) is 4.39 Å². The van der Waals surface area contributed by atoms with Gasteiger partial charge in [-0.2, -0.15) is 43.9 Å². The normalized spacial score (nSPS) is 18.3. The Bertz CT molecular complexity index is 444. The first-order chi connectivity index (χ1) is 9.87. The second-order valence-corrected chi connectivity index (χ2v) is 5.25. The molecule has 0 aliphatic heterocycles. The first-order valence-corrected chi connectivity index (χ1v) is 6.08. The Morgan fingerprint density at radius 1 is 0.870 bits per heavy atom. The van der Waals surface area contributed by atoms with Crippen LogP contribution in [0.25, 0.3) is 0 Å². The van der Waals surface area contributed by atoms with Crippen molar-refractivity contribution < 1.29 is 57.8 Å². The highest BCUT2D eigenvalue weighted by Gasteiger charge is 2.86. The zero-order valence-corrected chi connectivity index (χ0v) is 12.2. The largest absolute Gasteiger partial charge is 0.468 e. The van der Waals surface area contributed by atoms with Gasteiger partial charge in [0.25, 0.3) is 5.67 Å². The van der Waals surface area contributed by atoms with E-state index in [-0.39, 0.29) is 0 Å². The van der Waals surface area contributed by atoms with Crippen LogP contribution in [-0.2, 0) is 9.53 Å². The van der Waals surface area contributed by atoms with E-state index in [9.17, 15) is 53.1 Å². The van der Waals surface area contributed by atoms with Crippen molar-refractivity contribution >= 4 is 21.9 Å². The van der Waals surface area contributed by atoms with E-state index in [2.05, 4.69) is 4.74 Å². The molecule has 0 radical (unpaired) electrons. The zero-order chi connectivity index (χ0) is 19.1. The van der Waals surface area contributed by atoms with Gasteiger partial charge in [-0.15, -0.1) is 0 Å². The minimum atomic E-state index is -7.35. The van der Waals surface area contributed by atoms with Crippen LogP contribution in [-0.4, -0.2) is 47.8 Å². The Morgan fingerprint density at radius 3 is 1.52 bits per heavy atom. The second kappa shape index (κ2) is 6.24. The molecule has 0 aliphatic carbocycles. The third-order valence-electron chi connectivity index (χ3n) is 2.61. The summed E-state index contributed by atoms with van der Waals surface area (Å²) in [5.74, 6) is -16.4. The van der Waals surface area contributed by atoms with Gasteiger partial charge >= 0.3 is 30.2 Å². The van der Waals surface area contributed by atoms with Crippen LogP contribution in [0.1, 0.15) is 6.42 Å². The number of rotatable bonds is 5. The summed E-state index contributed by atoms with van der Waals surface area (Å²) in [4.78, 5) is 8.27. The number of hydrogen-bond acceptors (Lipinski definition) is 2. The summed E-state index contributed by atoms with van der Waals surface area (Å²) in [6, 6.07) is 0. The zero-order valence-electron chi connectivity index (χ0n) is 10.6. The number of ether oxygens (including phenoxy) is 1. The van der Waals surface area contributed by atoms with Crippen LogP contribution in [0.15, 0.2) is 0 Å². The molecule has 23 heavy (non-hydrogen) atoms. The third-order valence-corrected chi connectivity index (χ3v) is 3.31. The predicted octanol–water partition coefficient (Wildman–Crippen LogP) is 4.42. The minimum Gasteiger partial charge on any atom is -0.468 e. The van der Waals surface area contributed by atoms with E-state index >= 15 is 0 Å². The lowest BCUT2D eigenvalue weighted by atomic mass is 9.87. The van der Waals surface area contributed by atoms with Crippen LogP contribution in [0, 0.1) is 0 Å². The average molecular weight is 435 g/mol. The van der Waals surface area contributed by atoms with Crippen molar-refractivity contribution in [3.63, 3.8) is 0 Å². The Labute approximate surface area is 129 Å². The van der Waals surface area contributed by atoms with Crippen molar-refractivity contribution in [2.24, 2.45) is 0 Å². The fraction of sp³-hybridized carbons (Fsp3) is 0.889. The van der Waals surface area contributed by atoms with Crippen molar-refractivity contribution in [3.8, 4) is 0 Å². The molecule has 0 amide bonds. The van der Waals surface area contributed by atoms with Crippen LogP contribution >= 0.6 is 15.9 Å². The Hall–Kier alpha value is -0.820. The third kappa shape index (κ3) is 3.65. The topological polar surface area (TPSA) is 26.3 Å². The standard InChI is InChI=1S/C9H6BrF11O2/c1-23-4(22)3(10)2-5(11,8(16,17)18)6(12,13)7(14,15)9(19,20)21/h3H,2H2,1H3. The number of methoxy groups -OCH3 is 1. The van der Waals surface area contributed by atoms with Gasteiger partial charge in [0.2, 0.25) is 0 Å². The molecule has 0 bridgehead atoms. The van der Waals surface area contributed by atoms with Gasteiger partial charge < -0.3 is 4.74 Å². The van der Waals surface area contributed by atoms with Gasteiger partial charge in [0.05, 0.1) is 7.11 Å². The molecular formula is C9H6BrF11O2. The molecule has 0 rings (SSSR count). The number of hydrogen-bond donors (Lipinski definition) is 0. The summed E-state index contributed by atoms with van der Waals surface area (Å²) in [5, 5.41) is 0. The van der Waals surface area contributed by atoms with Crippen molar-refractivity contribution in [3.05, 3.63) is 0 Å². The molecule has 0 aromatic heterocycles. The van der Waals surface area contributed by atoms with Crippen molar-refractivity contribution in [1.29, 1.82) is 0 Å². The molecule has 0 saturated heterocycles. The second-order valence-electron chi connectivity index (χ2n) is 4.14. The highest BCUT2D eigenvalue weighted by molar-refractivity contribution is 9.10. The van der Waals surface area contributed by atoms with Crippen LogP contribution in [0.2, 0.25) is 0 Å². The fourth-order valence-corrected chi connectivity index (χ4v) is 1.94. The van der Waals surface area contributed by atoms with Crippen LogP contribution in [0.4, 0.5) is 48.3 Å². The lowest BCUT2D eigenvalue weighted by Crippen LogP contribution is -2.68. The SMILES string of the molecule is COC(=O)C(Br)CC(F)(C(F)(F)F)C(F)(F)C(F)(F)C(F)(F)F. The number of esters is 1. The smallest absolute Gasteiger partial charge is 0.460 e. The molecule has 138 valence electrons. The highest BCUT2D eigenvalue weighted by atomic mass is 79.9. The van der Waals surface area contributed by atoms with E-state index in [1.807, 2.05) is 15.9 Å². The first-order valence-electron chi connectivity index (χ1n) is 5.16. The Morgan fingerprint density at radius 2 is 1.26 bits per heavy atom. The number of halogens is 12. The van der Waals surface area contributed by atoms with Gasteiger partial charge in [0.15, 0.2) is 0 Å². The van der Waals surface area contributed by atoms with Crippen molar-refractivity contribution in [1.82, 2.24) is 0 Å². The van der Waals surface area contributed by atoms with Crippen LogP contribution < -0.4 is 0 Å². The quantitative estimate of drug-likeness (QED) is 0.364. The summed E-state index contributed by atoms with van der Waals surface area (Å²) in [7, 11) is 0.534. The summed E-state index contributed by atoms with van der Waals surface area (Å²) >= 11 is 1.97. The van der Waals surface area contributed by atoms with E-state index in [1.165, 1.54) is 0 Å². The van der Waals surface area contributed by atoms with Gasteiger partial charge in [-0.3, -0.25) is 4.79 Å². The van der Waals surface area contributed by atoms with Crippen LogP contribution in [0.3, 0.4) is 0 Å².